The lowest BCUT2D eigenvalue weighted by Crippen LogP contribution is -2.14. The molecule has 0 amide bonds. The monoisotopic (exact) mass is 271 g/mol. The van der Waals surface area contributed by atoms with Crippen molar-refractivity contribution in [1.29, 1.82) is 0 Å². The summed E-state index contributed by atoms with van der Waals surface area (Å²) in [6.07, 6.45) is 15.8. The van der Waals surface area contributed by atoms with E-state index in [0.717, 1.165) is 18.8 Å². The van der Waals surface area contributed by atoms with Crippen molar-refractivity contribution in [2.75, 3.05) is 0 Å². The highest BCUT2D eigenvalue weighted by Gasteiger charge is 2.22. The van der Waals surface area contributed by atoms with E-state index < -0.39 is 0 Å². The molecule has 0 aliphatic heterocycles. The van der Waals surface area contributed by atoms with Crippen LogP contribution in [0.15, 0.2) is 31.0 Å². The molecule has 0 aromatic carbocycles. The average molecular weight is 271 g/mol. The van der Waals surface area contributed by atoms with E-state index in [-0.39, 0.29) is 0 Å². The molecule has 1 aliphatic rings. The Morgan fingerprint density at radius 3 is 2.65 bits per heavy atom. The van der Waals surface area contributed by atoms with Crippen molar-refractivity contribution in [2.24, 2.45) is 5.92 Å². The Kier molecular flexibility index (Phi) is 6.29. The van der Waals surface area contributed by atoms with E-state index in [1.54, 1.807) is 0 Å². The van der Waals surface area contributed by atoms with Gasteiger partial charge in [-0.1, -0.05) is 31.9 Å². The summed E-state index contributed by atoms with van der Waals surface area (Å²) in [5.41, 5.74) is 2.70. The van der Waals surface area contributed by atoms with Crippen molar-refractivity contribution in [3.05, 3.63) is 42.2 Å². The minimum atomic E-state index is 0.713. The van der Waals surface area contributed by atoms with E-state index in [1.807, 2.05) is 6.08 Å². The summed E-state index contributed by atoms with van der Waals surface area (Å²) in [4.78, 5) is 4.73. The summed E-state index contributed by atoms with van der Waals surface area (Å²) in [7, 11) is 0. The molecule has 20 heavy (non-hydrogen) atoms. The molecule has 1 heteroatoms. The number of hydrogen-bond donors (Lipinski definition) is 0. The zero-order valence-electron chi connectivity index (χ0n) is 13.0. The van der Waals surface area contributed by atoms with E-state index in [1.165, 1.54) is 56.2 Å². The third kappa shape index (κ3) is 4.47. The molecule has 1 aromatic rings. The SMILES string of the molecule is C=CCCCc1ccc(C2CCC(CCC)CC2)nc1. The fourth-order valence-corrected chi connectivity index (χ4v) is 3.43. The summed E-state index contributed by atoms with van der Waals surface area (Å²) in [5.74, 6) is 1.69. The van der Waals surface area contributed by atoms with Gasteiger partial charge in [0.25, 0.3) is 0 Å². The maximum Gasteiger partial charge on any atom is 0.0434 e. The van der Waals surface area contributed by atoms with Gasteiger partial charge >= 0.3 is 0 Å². The molecule has 110 valence electrons. The van der Waals surface area contributed by atoms with Gasteiger partial charge in [0.1, 0.15) is 0 Å². The van der Waals surface area contributed by atoms with Gasteiger partial charge in [-0.05, 0) is 62.5 Å². The summed E-state index contributed by atoms with van der Waals surface area (Å²) in [6.45, 7) is 6.08. The highest BCUT2D eigenvalue weighted by atomic mass is 14.7. The molecule has 2 rings (SSSR count). The number of pyridine rings is 1. The number of hydrogen-bond acceptors (Lipinski definition) is 1. The Morgan fingerprint density at radius 1 is 1.25 bits per heavy atom. The zero-order valence-corrected chi connectivity index (χ0v) is 13.0. The van der Waals surface area contributed by atoms with Crippen LogP contribution in [0.5, 0.6) is 0 Å². The van der Waals surface area contributed by atoms with Crippen LogP contribution in [0.2, 0.25) is 0 Å². The quantitative estimate of drug-likeness (QED) is 0.460. The van der Waals surface area contributed by atoms with Crippen LogP contribution in [0, 0.1) is 5.92 Å². The first-order chi connectivity index (χ1) is 9.83. The van der Waals surface area contributed by atoms with Crippen molar-refractivity contribution in [3.63, 3.8) is 0 Å². The minimum absolute atomic E-state index is 0.713. The van der Waals surface area contributed by atoms with E-state index in [9.17, 15) is 0 Å². The van der Waals surface area contributed by atoms with Gasteiger partial charge in [-0.3, -0.25) is 4.98 Å². The molecule has 0 spiro atoms. The lowest BCUT2D eigenvalue weighted by molar-refractivity contribution is 0.305. The second-order valence-electron chi connectivity index (χ2n) is 6.28. The van der Waals surface area contributed by atoms with Gasteiger partial charge < -0.3 is 0 Å². The number of aryl methyl sites for hydroxylation is 1. The Bertz CT molecular complexity index is 385. The minimum Gasteiger partial charge on any atom is -0.261 e. The predicted molar refractivity (Wildman–Crippen MR) is 87.0 cm³/mol. The normalized spacial score (nSPS) is 22.6. The van der Waals surface area contributed by atoms with Gasteiger partial charge in [-0.15, -0.1) is 6.58 Å². The van der Waals surface area contributed by atoms with Crippen molar-refractivity contribution in [2.45, 2.75) is 70.6 Å². The summed E-state index contributed by atoms with van der Waals surface area (Å²) >= 11 is 0. The van der Waals surface area contributed by atoms with Crippen molar-refractivity contribution in [1.82, 2.24) is 4.98 Å². The molecule has 1 fully saturated rings. The van der Waals surface area contributed by atoms with Gasteiger partial charge in [0, 0.05) is 17.8 Å². The topological polar surface area (TPSA) is 12.9 Å². The molecule has 1 aliphatic carbocycles. The summed E-state index contributed by atoms with van der Waals surface area (Å²) in [5, 5.41) is 0. The molecule has 1 nitrogen and oxygen atoms in total. The molecule has 0 radical (unpaired) electrons. The number of nitrogens with zero attached hydrogens (tertiary/aromatic N) is 1. The van der Waals surface area contributed by atoms with Gasteiger partial charge in [0.15, 0.2) is 0 Å². The maximum atomic E-state index is 4.73. The molecule has 0 saturated heterocycles. The zero-order chi connectivity index (χ0) is 14.2. The third-order valence-corrected chi connectivity index (χ3v) is 4.68. The van der Waals surface area contributed by atoms with E-state index >= 15 is 0 Å². The van der Waals surface area contributed by atoms with Gasteiger partial charge in [-0.2, -0.15) is 0 Å². The molecule has 1 aromatic heterocycles. The Labute approximate surface area is 124 Å². The molecule has 1 saturated carbocycles. The van der Waals surface area contributed by atoms with Crippen LogP contribution in [-0.2, 0) is 6.42 Å². The molecular formula is C19H29N. The van der Waals surface area contributed by atoms with E-state index in [0.29, 0.717) is 5.92 Å². The molecule has 0 bridgehead atoms. The first-order valence-electron chi connectivity index (χ1n) is 8.39. The second-order valence-corrected chi connectivity index (χ2v) is 6.28. The van der Waals surface area contributed by atoms with Crippen LogP contribution in [0.4, 0.5) is 0 Å². The van der Waals surface area contributed by atoms with Crippen LogP contribution < -0.4 is 0 Å². The van der Waals surface area contributed by atoms with E-state index in [2.05, 4.69) is 31.8 Å². The molecule has 1 heterocycles. The van der Waals surface area contributed by atoms with Crippen LogP contribution >= 0.6 is 0 Å². The number of rotatable bonds is 7. The molecule has 0 atom stereocenters. The Hall–Kier alpha value is -1.11. The van der Waals surface area contributed by atoms with Crippen LogP contribution in [-0.4, -0.2) is 4.98 Å². The number of allylic oxidation sites excluding steroid dienone is 1. The van der Waals surface area contributed by atoms with Crippen molar-refractivity contribution >= 4 is 0 Å². The Morgan fingerprint density at radius 2 is 2.05 bits per heavy atom. The maximum absolute atomic E-state index is 4.73. The van der Waals surface area contributed by atoms with Crippen molar-refractivity contribution in [3.8, 4) is 0 Å². The fourth-order valence-electron chi connectivity index (χ4n) is 3.43. The molecular weight excluding hydrogens is 242 g/mol. The third-order valence-electron chi connectivity index (χ3n) is 4.68. The number of aromatic nitrogens is 1. The summed E-state index contributed by atoms with van der Waals surface area (Å²) in [6, 6.07) is 4.55. The lowest BCUT2D eigenvalue weighted by Gasteiger charge is -2.28. The summed E-state index contributed by atoms with van der Waals surface area (Å²) < 4.78 is 0. The van der Waals surface area contributed by atoms with Gasteiger partial charge in [0.05, 0.1) is 0 Å². The molecule has 0 N–H and O–H groups in total. The second kappa shape index (κ2) is 8.24. The van der Waals surface area contributed by atoms with Crippen molar-refractivity contribution < 1.29 is 0 Å². The van der Waals surface area contributed by atoms with E-state index in [4.69, 9.17) is 4.98 Å². The highest BCUT2D eigenvalue weighted by Crippen LogP contribution is 2.36. The van der Waals surface area contributed by atoms with Crippen LogP contribution in [0.1, 0.15) is 75.5 Å². The molecule has 0 unspecified atom stereocenters. The first-order valence-corrected chi connectivity index (χ1v) is 8.39. The van der Waals surface area contributed by atoms with Crippen LogP contribution in [0.25, 0.3) is 0 Å². The highest BCUT2D eigenvalue weighted by molar-refractivity contribution is 5.17. The predicted octanol–water partition coefficient (Wildman–Crippen LogP) is 5.66. The standard InChI is InChI=1S/C19H29N/c1-3-5-6-8-17-11-14-19(20-15-17)18-12-9-16(7-4-2)10-13-18/h3,11,14-16,18H,1,4-10,12-13H2,2H3. The first kappa shape index (κ1) is 15.3. The fraction of sp³-hybridized carbons (Fsp3) is 0.632. The Balaban J connectivity index is 1.83. The lowest BCUT2D eigenvalue weighted by atomic mass is 9.78. The average Bonchev–Trinajstić information content (AvgIpc) is 2.49. The van der Waals surface area contributed by atoms with Gasteiger partial charge in [0.2, 0.25) is 0 Å². The number of unbranched alkanes of at least 4 members (excludes halogenated alkanes) is 1. The largest absolute Gasteiger partial charge is 0.261 e. The van der Waals surface area contributed by atoms with Crippen LogP contribution in [0.3, 0.4) is 0 Å². The smallest absolute Gasteiger partial charge is 0.0434 e. The van der Waals surface area contributed by atoms with Gasteiger partial charge in [-0.25, -0.2) is 0 Å².